The molecule has 0 spiro atoms. The normalized spacial score (nSPS) is 13.0. The van der Waals surface area contributed by atoms with Gasteiger partial charge >= 0.3 is 6.09 Å². The van der Waals surface area contributed by atoms with Gasteiger partial charge in [0.05, 0.1) is 0 Å². The van der Waals surface area contributed by atoms with Crippen LogP contribution in [-0.2, 0) is 14.3 Å². The van der Waals surface area contributed by atoms with E-state index in [0.717, 1.165) is 18.4 Å². The summed E-state index contributed by atoms with van der Waals surface area (Å²) in [5.74, 6) is 0.193. The number of nitrogens with one attached hydrogen (secondary N) is 2. The lowest BCUT2D eigenvalue weighted by Crippen LogP contribution is -2.53. The fourth-order valence-corrected chi connectivity index (χ4v) is 3.82. The lowest BCUT2D eigenvalue weighted by Gasteiger charge is -2.34. The van der Waals surface area contributed by atoms with E-state index < -0.39 is 23.8 Å². The fraction of sp³-hybridized carbons (Fsp3) is 0.640. The Bertz CT molecular complexity index is 737. The highest BCUT2D eigenvalue weighted by Crippen LogP contribution is 2.23. The van der Waals surface area contributed by atoms with Gasteiger partial charge in [-0.3, -0.25) is 9.59 Å². The Kier molecular flexibility index (Phi) is 13.0. The van der Waals surface area contributed by atoms with Crippen LogP contribution in [0.2, 0.25) is 0 Å². The highest BCUT2D eigenvalue weighted by Gasteiger charge is 2.35. The number of ether oxygens (including phenoxy) is 1. The summed E-state index contributed by atoms with van der Waals surface area (Å²) in [6.45, 7) is 10.3. The Morgan fingerprint density at radius 3 is 2.30 bits per heavy atom. The first kappa shape index (κ1) is 28.8. The first-order valence-corrected chi connectivity index (χ1v) is 13.2. The summed E-state index contributed by atoms with van der Waals surface area (Å²) in [7, 11) is 0. The molecule has 0 saturated heterocycles. The fourth-order valence-electron chi connectivity index (χ4n) is 3.34. The maximum Gasteiger partial charge on any atom is 0.408 e. The molecule has 7 nitrogen and oxygen atoms in total. The summed E-state index contributed by atoms with van der Waals surface area (Å²) < 4.78 is 5.39. The molecule has 0 saturated carbocycles. The van der Waals surface area contributed by atoms with Crippen LogP contribution in [0.5, 0.6) is 0 Å². The highest BCUT2D eigenvalue weighted by atomic mass is 32.2. The van der Waals surface area contributed by atoms with Gasteiger partial charge in [-0.05, 0) is 57.6 Å². The van der Waals surface area contributed by atoms with Crippen LogP contribution in [-0.4, -0.2) is 59.5 Å². The van der Waals surface area contributed by atoms with Gasteiger partial charge in [-0.15, -0.1) is 0 Å². The van der Waals surface area contributed by atoms with Crippen molar-refractivity contribution < 1.29 is 19.1 Å². The number of carbonyl (C=O) groups is 3. The summed E-state index contributed by atoms with van der Waals surface area (Å²) in [6.07, 6.45) is 4.27. The van der Waals surface area contributed by atoms with Crippen LogP contribution in [0.3, 0.4) is 0 Å². The zero-order chi connectivity index (χ0) is 24.9. The molecule has 2 atom stereocenters. The Morgan fingerprint density at radius 2 is 1.76 bits per heavy atom. The van der Waals surface area contributed by atoms with E-state index in [1.165, 1.54) is 0 Å². The number of rotatable bonds is 13. The van der Waals surface area contributed by atoms with E-state index in [9.17, 15) is 14.4 Å². The van der Waals surface area contributed by atoms with E-state index >= 15 is 0 Å². The number of thioether (sulfide) groups is 1. The molecule has 0 heterocycles. The number of unbranched alkanes of at least 4 members (excludes halogenated alkanes) is 1. The van der Waals surface area contributed by atoms with Gasteiger partial charge in [-0.25, -0.2) is 4.79 Å². The molecule has 0 aliphatic heterocycles. The van der Waals surface area contributed by atoms with Crippen LogP contribution >= 0.6 is 11.8 Å². The smallest absolute Gasteiger partial charge is 0.408 e. The van der Waals surface area contributed by atoms with E-state index in [1.54, 1.807) is 37.4 Å². The lowest BCUT2D eigenvalue weighted by molar-refractivity contribution is -0.142. The molecule has 0 bridgehead atoms. The van der Waals surface area contributed by atoms with E-state index in [4.69, 9.17) is 4.74 Å². The molecule has 0 aliphatic rings. The van der Waals surface area contributed by atoms with Gasteiger partial charge in [0.2, 0.25) is 11.8 Å². The second-order valence-electron chi connectivity index (χ2n) is 8.97. The number of amides is 3. The van der Waals surface area contributed by atoms with Gasteiger partial charge in [0, 0.05) is 13.1 Å². The van der Waals surface area contributed by atoms with Gasteiger partial charge in [-0.2, -0.15) is 11.8 Å². The number of hydrogen-bond acceptors (Lipinski definition) is 5. The minimum Gasteiger partial charge on any atom is -0.444 e. The molecular formula is C25H41N3O4S. The molecule has 1 aromatic carbocycles. The van der Waals surface area contributed by atoms with Crippen molar-refractivity contribution in [3.8, 4) is 0 Å². The predicted molar refractivity (Wildman–Crippen MR) is 135 cm³/mol. The molecule has 3 amide bonds. The first-order valence-electron chi connectivity index (χ1n) is 11.8. The van der Waals surface area contributed by atoms with Crippen LogP contribution < -0.4 is 10.6 Å². The van der Waals surface area contributed by atoms with Crippen molar-refractivity contribution in [1.29, 1.82) is 0 Å². The van der Waals surface area contributed by atoms with Gasteiger partial charge in [-0.1, -0.05) is 50.6 Å². The first-order chi connectivity index (χ1) is 15.6. The average molecular weight is 480 g/mol. The van der Waals surface area contributed by atoms with Gasteiger partial charge < -0.3 is 20.3 Å². The van der Waals surface area contributed by atoms with Crippen molar-refractivity contribution in [3.63, 3.8) is 0 Å². The maximum atomic E-state index is 13.8. The SMILES string of the molecule is CCCCNC(=O)C(c1ccccc1)N(CCC)C(=O)C(CCSC)NC(=O)OC(C)(C)C. The Morgan fingerprint density at radius 1 is 1.09 bits per heavy atom. The Hall–Kier alpha value is -2.22. The molecule has 0 fully saturated rings. The van der Waals surface area contributed by atoms with Crippen molar-refractivity contribution in [2.24, 2.45) is 0 Å². The Balaban J connectivity index is 3.26. The number of carbonyl (C=O) groups excluding carboxylic acids is 3. The van der Waals surface area contributed by atoms with Crippen molar-refractivity contribution in [3.05, 3.63) is 35.9 Å². The molecule has 1 rings (SSSR count). The standard InChI is InChI=1S/C25H41N3O4S/c1-7-9-16-26-22(29)21(19-13-11-10-12-14-19)28(17-8-2)23(30)20(15-18-33-6)27-24(31)32-25(3,4)5/h10-14,20-21H,7-9,15-18H2,1-6H3,(H,26,29)(H,27,31). The predicted octanol–water partition coefficient (Wildman–Crippen LogP) is 4.53. The third-order valence-electron chi connectivity index (χ3n) is 4.85. The highest BCUT2D eigenvalue weighted by molar-refractivity contribution is 7.98. The zero-order valence-corrected chi connectivity index (χ0v) is 21.8. The third kappa shape index (κ3) is 10.5. The molecular weight excluding hydrogens is 438 g/mol. The average Bonchev–Trinajstić information content (AvgIpc) is 2.75. The quantitative estimate of drug-likeness (QED) is 0.406. The Labute approximate surface area is 203 Å². The van der Waals surface area contributed by atoms with Crippen molar-refractivity contribution in [1.82, 2.24) is 15.5 Å². The van der Waals surface area contributed by atoms with Crippen LogP contribution in [0.4, 0.5) is 4.79 Å². The van der Waals surface area contributed by atoms with E-state index in [0.29, 0.717) is 31.7 Å². The van der Waals surface area contributed by atoms with Crippen molar-refractivity contribution in [2.45, 2.75) is 78.0 Å². The van der Waals surface area contributed by atoms with Crippen LogP contribution in [0.15, 0.2) is 30.3 Å². The number of nitrogens with zero attached hydrogens (tertiary/aromatic N) is 1. The number of benzene rings is 1. The summed E-state index contributed by atoms with van der Waals surface area (Å²) in [4.78, 5) is 41.1. The third-order valence-corrected chi connectivity index (χ3v) is 5.50. The summed E-state index contributed by atoms with van der Waals surface area (Å²) in [6, 6.07) is 7.77. The summed E-state index contributed by atoms with van der Waals surface area (Å²) in [5, 5.41) is 5.73. The second-order valence-corrected chi connectivity index (χ2v) is 9.96. The number of alkyl carbamates (subject to hydrolysis) is 1. The maximum absolute atomic E-state index is 13.8. The van der Waals surface area contributed by atoms with E-state index in [-0.39, 0.29) is 11.8 Å². The van der Waals surface area contributed by atoms with E-state index in [1.807, 2.05) is 43.5 Å². The minimum absolute atomic E-state index is 0.211. The van der Waals surface area contributed by atoms with Gasteiger partial charge in [0.1, 0.15) is 17.7 Å². The van der Waals surface area contributed by atoms with Crippen molar-refractivity contribution in [2.75, 3.05) is 25.1 Å². The molecule has 0 radical (unpaired) electrons. The van der Waals surface area contributed by atoms with Crippen LogP contribution in [0.25, 0.3) is 0 Å². The zero-order valence-electron chi connectivity index (χ0n) is 21.0. The largest absolute Gasteiger partial charge is 0.444 e. The van der Waals surface area contributed by atoms with Crippen molar-refractivity contribution >= 4 is 29.7 Å². The number of hydrogen-bond donors (Lipinski definition) is 2. The molecule has 33 heavy (non-hydrogen) atoms. The second kappa shape index (κ2) is 14.8. The minimum atomic E-state index is -0.784. The van der Waals surface area contributed by atoms with Gasteiger partial charge in [0.25, 0.3) is 0 Å². The lowest BCUT2D eigenvalue weighted by atomic mass is 10.0. The monoisotopic (exact) mass is 479 g/mol. The molecule has 0 aliphatic carbocycles. The summed E-state index contributed by atoms with van der Waals surface area (Å²) in [5.41, 5.74) is 0.0700. The summed E-state index contributed by atoms with van der Waals surface area (Å²) >= 11 is 1.60. The van der Waals surface area contributed by atoms with E-state index in [2.05, 4.69) is 17.6 Å². The molecule has 2 unspecified atom stereocenters. The topological polar surface area (TPSA) is 87.7 Å². The van der Waals surface area contributed by atoms with Crippen LogP contribution in [0, 0.1) is 0 Å². The molecule has 8 heteroatoms. The molecule has 186 valence electrons. The van der Waals surface area contributed by atoms with Crippen LogP contribution in [0.1, 0.15) is 71.9 Å². The molecule has 1 aromatic rings. The van der Waals surface area contributed by atoms with Gasteiger partial charge in [0.15, 0.2) is 0 Å². The molecule has 0 aromatic heterocycles. The molecule has 2 N–H and O–H groups in total.